The number of aromatic nitrogens is 2. The maximum absolute atomic E-state index is 6.89. The highest BCUT2D eigenvalue weighted by Gasteiger charge is 2.51. The summed E-state index contributed by atoms with van der Waals surface area (Å²) >= 11 is 0. The van der Waals surface area contributed by atoms with Crippen LogP contribution in [-0.2, 0) is 18.5 Å². The van der Waals surface area contributed by atoms with E-state index in [2.05, 4.69) is 251 Å². The average Bonchev–Trinajstić information content (AvgIpc) is 4.11. The van der Waals surface area contributed by atoms with Gasteiger partial charge >= 0.3 is 0 Å². The molecular formula is C67H52N4O3. The number of fused-ring (bicyclic) bond motifs is 15. The second kappa shape index (κ2) is 17.0. The van der Waals surface area contributed by atoms with Gasteiger partial charge in [-0.25, -0.2) is 0 Å². The third kappa shape index (κ3) is 6.32. The van der Waals surface area contributed by atoms with Crippen molar-refractivity contribution in [2.75, 3.05) is 24.0 Å². The predicted molar refractivity (Wildman–Crippen MR) is 304 cm³/mol. The zero-order chi connectivity index (χ0) is 49.7. The summed E-state index contributed by atoms with van der Waals surface area (Å²) < 4.78 is 23.1. The molecule has 7 nitrogen and oxygen atoms in total. The molecule has 1 aliphatic carbocycles. The van der Waals surface area contributed by atoms with E-state index in [9.17, 15) is 0 Å². The minimum atomic E-state index is -0.748. The molecule has 358 valence electrons. The Morgan fingerprint density at radius 2 is 0.730 bits per heavy atom. The number of nitrogens with zero attached hydrogens (tertiary/aromatic N) is 4. The lowest BCUT2D eigenvalue weighted by Gasteiger charge is -2.40. The molecule has 1 spiro atoms. The summed E-state index contributed by atoms with van der Waals surface area (Å²) in [6.07, 6.45) is 0. The quantitative estimate of drug-likeness (QED) is 0.137. The van der Waals surface area contributed by atoms with Crippen molar-refractivity contribution in [3.05, 3.63) is 241 Å². The molecule has 0 atom stereocenters. The molecule has 10 aromatic carbocycles. The van der Waals surface area contributed by atoms with Crippen molar-refractivity contribution in [1.29, 1.82) is 0 Å². The molecule has 1 aliphatic heterocycles. The fourth-order valence-electron chi connectivity index (χ4n) is 12.5. The van der Waals surface area contributed by atoms with Gasteiger partial charge in [-0.05, 0) is 145 Å². The molecule has 0 N–H and O–H groups in total. The Balaban J connectivity index is 1.00. The minimum Gasteiger partial charge on any atom is -0.497 e. The minimum absolute atomic E-state index is 0.748. The smallest absolute Gasteiger partial charge is 0.132 e. The van der Waals surface area contributed by atoms with Gasteiger partial charge in [0.2, 0.25) is 0 Å². The van der Waals surface area contributed by atoms with E-state index in [0.29, 0.717) is 0 Å². The van der Waals surface area contributed by atoms with Crippen molar-refractivity contribution < 1.29 is 14.2 Å². The number of methoxy groups -OCH3 is 2. The number of hydrogen-bond acceptors (Lipinski definition) is 5. The van der Waals surface area contributed by atoms with Crippen molar-refractivity contribution in [3.8, 4) is 34.1 Å². The van der Waals surface area contributed by atoms with Crippen LogP contribution in [0.25, 0.3) is 54.7 Å². The second-order valence-electron chi connectivity index (χ2n) is 19.3. The molecule has 0 amide bonds. The van der Waals surface area contributed by atoms with Gasteiger partial charge in [-0.15, -0.1) is 0 Å². The first-order valence-corrected chi connectivity index (χ1v) is 25.6. The zero-order valence-electron chi connectivity index (χ0n) is 41.7. The first kappa shape index (κ1) is 43.6. The van der Waals surface area contributed by atoms with E-state index in [1.165, 1.54) is 54.8 Å². The van der Waals surface area contributed by atoms with E-state index in [1.54, 1.807) is 14.2 Å². The van der Waals surface area contributed by atoms with Gasteiger partial charge in [0.15, 0.2) is 0 Å². The fraction of sp³-hybridized carbons (Fsp3) is 0.104. The molecule has 0 saturated heterocycles. The van der Waals surface area contributed by atoms with Gasteiger partial charge in [0.1, 0.15) is 23.0 Å². The van der Waals surface area contributed by atoms with Crippen molar-refractivity contribution >= 4 is 77.7 Å². The number of ether oxygens (including phenoxy) is 3. The van der Waals surface area contributed by atoms with Gasteiger partial charge in [0, 0.05) is 92.0 Å². The summed E-state index contributed by atoms with van der Waals surface area (Å²) in [7, 11) is 3.47. The molecule has 2 aromatic heterocycles. The van der Waals surface area contributed by atoms with Gasteiger partial charge in [-0.3, -0.25) is 0 Å². The molecule has 0 fully saturated rings. The number of aryl methyl sites for hydroxylation is 2. The van der Waals surface area contributed by atoms with Crippen LogP contribution >= 0.6 is 0 Å². The summed E-state index contributed by atoms with van der Waals surface area (Å²) in [6, 6.07) is 79.6. The van der Waals surface area contributed by atoms with Crippen LogP contribution in [-0.4, -0.2) is 23.4 Å². The highest BCUT2D eigenvalue weighted by atomic mass is 16.5. The van der Waals surface area contributed by atoms with Gasteiger partial charge in [0.25, 0.3) is 0 Å². The summed E-state index contributed by atoms with van der Waals surface area (Å²) in [5.41, 5.74) is 17.4. The van der Waals surface area contributed by atoms with Crippen LogP contribution in [0.1, 0.15) is 36.1 Å². The number of benzene rings is 10. The van der Waals surface area contributed by atoms with Crippen LogP contribution in [0.4, 0.5) is 34.1 Å². The van der Waals surface area contributed by atoms with Crippen molar-refractivity contribution in [1.82, 2.24) is 9.13 Å². The van der Waals surface area contributed by atoms with E-state index < -0.39 is 5.41 Å². The predicted octanol–water partition coefficient (Wildman–Crippen LogP) is 17.4. The van der Waals surface area contributed by atoms with Gasteiger partial charge in [-0.1, -0.05) is 97.1 Å². The topological polar surface area (TPSA) is 44.0 Å². The molecule has 3 heterocycles. The van der Waals surface area contributed by atoms with Crippen LogP contribution in [0.15, 0.2) is 218 Å². The average molecular weight is 961 g/mol. The highest BCUT2D eigenvalue weighted by molar-refractivity contribution is 6.11. The lowest BCUT2D eigenvalue weighted by atomic mass is 9.66. The lowest BCUT2D eigenvalue weighted by molar-refractivity contribution is 0.415. The molecule has 74 heavy (non-hydrogen) atoms. The third-order valence-electron chi connectivity index (χ3n) is 15.7. The molecule has 12 aromatic rings. The Morgan fingerprint density at radius 3 is 1.15 bits per heavy atom. The van der Waals surface area contributed by atoms with Crippen LogP contribution in [0.3, 0.4) is 0 Å². The lowest BCUT2D eigenvalue weighted by Crippen LogP contribution is -2.32. The first-order valence-electron chi connectivity index (χ1n) is 25.6. The third-order valence-corrected chi connectivity index (χ3v) is 15.7. The van der Waals surface area contributed by atoms with E-state index in [1.807, 2.05) is 0 Å². The Bertz CT molecular complexity index is 3920. The standard InChI is InChI=1S/C67H52N4O3/c1-5-68-61-39-47(27-33-53(61)55-35-29-49(72-3)41-63(55)68)70(43-17-9-7-10-18-43)45-25-31-51-52-32-26-46(38-60(52)67(59(51)37-45)57-21-13-15-23-65(57)74-66-24-16-14-22-58(66)67)71(44-19-11-8-12-20-44)48-28-34-54-56-36-30-50(73-4)42-64(56)69(6-2)62(54)40-48/h7-42H,5-6H2,1-4H3. The highest BCUT2D eigenvalue weighted by Crippen LogP contribution is 2.63. The SMILES string of the molecule is CCn1c2cc(OC)ccc2c2ccc(N(c3ccccc3)c3ccc4c(c3)C3(c5ccccc5Oc5ccccc53)c3cc(N(c5ccccc5)c5ccc6c7ccc(OC)cc7n(CC)c6c5)ccc3-4)cc21. The molecule has 2 aliphatic rings. The van der Waals surface area contributed by atoms with Gasteiger partial charge < -0.3 is 33.1 Å². The fourth-order valence-corrected chi connectivity index (χ4v) is 12.5. The van der Waals surface area contributed by atoms with Crippen LogP contribution in [0.5, 0.6) is 23.0 Å². The van der Waals surface area contributed by atoms with Crippen LogP contribution < -0.4 is 24.0 Å². The van der Waals surface area contributed by atoms with Gasteiger partial charge in [0.05, 0.1) is 41.7 Å². The first-order chi connectivity index (χ1) is 36.5. The second-order valence-corrected chi connectivity index (χ2v) is 19.3. The molecule has 0 bridgehead atoms. The number of hydrogen-bond donors (Lipinski definition) is 0. The summed E-state index contributed by atoms with van der Waals surface area (Å²) in [5.74, 6) is 3.41. The Morgan fingerprint density at radius 1 is 0.365 bits per heavy atom. The zero-order valence-corrected chi connectivity index (χ0v) is 41.7. The Kier molecular flexibility index (Phi) is 9.99. The molecule has 14 rings (SSSR count). The summed E-state index contributed by atoms with van der Waals surface area (Å²) in [6.45, 7) is 6.07. The monoisotopic (exact) mass is 960 g/mol. The van der Waals surface area contributed by atoms with Crippen molar-refractivity contribution in [3.63, 3.8) is 0 Å². The maximum atomic E-state index is 6.89. The van der Waals surface area contributed by atoms with Crippen LogP contribution in [0.2, 0.25) is 0 Å². The normalized spacial score (nSPS) is 12.9. The number of anilines is 6. The van der Waals surface area contributed by atoms with E-state index in [0.717, 1.165) is 92.4 Å². The number of rotatable bonds is 10. The number of para-hydroxylation sites is 4. The summed E-state index contributed by atoms with van der Waals surface area (Å²) in [5, 5.41) is 4.86. The van der Waals surface area contributed by atoms with Crippen molar-refractivity contribution in [2.24, 2.45) is 0 Å². The van der Waals surface area contributed by atoms with E-state index in [-0.39, 0.29) is 0 Å². The summed E-state index contributed by atoms with van der Waals surface area (Å²) in [4.78, 5) is 4.83. The largest absolute Gasteiger partial charge is 0.497 e. The van der Waals surface area contributed by atoms with E-state index in [4.69, 9.17) is 14.2 Å². The molecule has 0 saturated carbocycles. The molecule has 0 unspecified atom stereocenters. The Hall–Kier alpha value is -9.20. The molecular weight excluding hydrogens is 909 g/mol. The van der Waals surface area contributed by atoms with Gasteiger partial charge in [-0.2, -0.15) is 0 Å². The maximum Gasteiger partial charge on any atom is 0.132 e. The van der Waals surface area contributed by atoms with Crippen molar-refractivity contribution in [2.45, 2.75) is 32.4 Å². The molecule has 0 radical (unpaired) electrons. The van der Waals surface area contributed by atoms with E-state index >= 15 is 0 Å². The Labute approximate surface area is 430 Å². The van der Waals surface area contributed by atoms with Crippen LogP contribution in [0, 0.1) is 0 Å². The molecule has 7 heteroatoms.